The van der Waals surface area contributed by atoms with E-state index >= 15 is 0 Å². The number of rotatable bonds is 3. The Labute approximate surface area is 97.8 Å². The second-order valence-electron chi connectivity index (χ2n) is 4.93. The fourth-order valence-electron chi connectivity index (χ4n) is 2.66. The molecule has 0 aromatic rings. The molecule has 2 heterocycles. The van der Waals surface area contributed by atoms with Crippen molar-refractivity contribution in [1.82, 2.24) is 15.5 Å². The van der Waals surface area contributed by atoms with E-state index in [-0.39, 0.29) is 11.8 Å². The van der Waals surface area contributed by atoms with E-state index in [0.717, 1.165) is 39.0 Å². The maximum atomic E-state index is 11.9. The van der Waals surface area contributed by atoms with Gasteiger partial charge in [0.2, 0.25) is 5.91 Å². The van der Waals surface area contributed by atoms with Gasteiger partial charge in [0.05, 0.1) is 5.92 Å². The van der Waals surface area contributed by atoms with Crippen molar-refractivity contribution in [3.63, 3.8) is 0 Å². The number of carbonyl (C=O) groups is 1. The number of amides is 1. The minimum atomic E-state index is 0.206. The summed E-state index contributed by atoms with van der Waals surface area (Å²) >= 11 is 0. The van der Waals surface area contributed by atoms with Crippen LogP contribution in [-0.4, -0.2) is 49.6 Å². The lowest BCUT2D eigenvalue weighted by atomic mass is 10.0. The van der Waals surface area contributed by atoms with Crippen LogP contribution >= 0.6 is 0 Å². The van der Waals surface area contributed by atoms with Crippen LogP contribution < -0.4 is 10.6 Å². The van der Waals surface area contributed by atoms with E-state index in [2.05, 4.69) is 22.5 Å². The molecule has 4 heteroatoms. The van der Waals surface area contributed by atoms with E-state index < -0.39 is 0 Å². The van der Waals surface area contributed by atoms with Gasteiger partial charge in [-0.2, -0.15) is 0 Å². The summed E-state index contributed by atoms with van der Waals surface area (Å²) in [6.45, 7) is 7.35. The normalized spacial score (nSPS) is 31.6. The molecule has 1 amide bonds. The zero-order valence-electron chi connectivity index (χ0n) is 10.2. The van der Waals surface area contributed by atoms with Crippen LogP contribution in [0.25, 0.3) is 0 Å². The molecule has 4 nitrogen and oxygen atoms in total. The first-order chi connectivity index (χ1) is 7.79. The van der Waals surface area contributed by atoms with Crippen LogP contribution in [0.2, 0.25) is 0 Å². The smallest absolute Gasteiger partial charge is 0.224 e. The molecule has 2 saturated heterocycles. The third kappa shape index (κ3) is 2.95. The highest BCUT2D eigenvalue weighted by Crippen LogP contribution is 2.12. The van der Waals surface area contributed by atoms with Crippen LogP contribution in [0.5, 0.6) is 0 Å². The number of nitrogens with one attached hydrogen (secondary N) is 2. The highest BCUT2D eigenvalue weighted by Gasteiger charge is 2.26. The molecule has 2 atom stereocenters. The summed E-state index contributed by atoms with van der Waals surface area (Å²) in [6, 6.07) is 0.377. The van der Waals surface area contributed by atoms with E-state index in [9.17, 15) is 4.79 Å². The summed E-state index contributed by atoms with van der Waals surface area (Å²) in [7, 11) is 0. The lowest BCUT2D eigenvalue weighted by Crippen LogP contribution is -2.49. The fraction of sp³-hybridized carbons (Fsp3) is 0.917. The molecule has 0 bridgehead atoms. The minimum Gasteiger partial charge on any atom is -0.352 e. The molecule has 0 aromatic carbocycles. The summed E-state index contributed by atoms with van der Waals surface area (Å²) in [5.41, 5.74) is 0. The molecule has 0 spiro atoms. The average Bonchev–Trinajstić information content (AvgIpc) is 2.83. The Balaban J connectivity index is 1.77. The molecule has 2 fully saturated rings. The van der Waals surface area contributed by atoms with Gasteiger partial charge in [-0.15, -0.1) is 0 Å². The Morgan fingerprint density at radius 2 is 2.38 bits per heavy atom. The van der Waals surface area contributed by atoms with Crippen molar-refractivity contribution < 1.29 is 4.79 Å². The van der Waals surface area contributed by atoms with Crippen LogP contribution in [0.3, 0.4) is 0 Å². The molecule has 2 aliphatic heterocycles. The van der Waals surface area contributed by atoms with Gasteiger partial charge >= 0.3 is 0 Å². The SMILES string of the molecule is CCN1CCCC(NC(=O)C2CCNC2)C1. The van der Waals surface area contributed by atoms with Gasteiger partial charge in [0.1, 0.15) is 0 Å². The fourth-order valence-corrected chi connectivity index (χ4v) is 2.66. The van der Waals surface area contributed by atoms with Crippen molar-refractivity contribution in [2.45, 2.75) is 32.2 Å². The monoisotopic (exact) mass is 225 g/mol. The molecule has 16 heavy (non-hydrogen) atoms. The summed E-state index contributed by atoms with van der Waals surface area (Å²) in [4.78, 5) is 14.4. The number of hydrogen-bond acceptors (Lipinski definition) is 3. The van der Waals surface area contributed by atoms with Gasteiger partial charge in [0.25, 0.3) is 0 Å². The van der Waals surface area contributed by atoms with E-state index in [1.165, 1.54) is 13.0 Å². The van der Waals surface area contributed by atoms with Gasteiger partial charge in [-0.3, -0.25) is 4.79 Å². The summed E-state index contributed by atoms with van der Waals surface area (Å²) in [6.07, 6.45) is 3.35. The maximum Gasteiger partial charge on any atom is 0.224 e. The topological polar surface area (TPSA) is 44.4 Å². The number of hydrogen-bond donors (Lipinski definition) is 2. The summed E-state index contributed by atoms with van der Waals surface area (Å²) < 4.78 is 0. The molecule has 0 saturated carbocycles. The van der Waals surface area contributed by atoms with E-state index in [0.29, 0.717) is 6.04 Å². The van der Waals surface area contributed by atoms with Crippen LogP contribution in [0.4, 0.5) is 0 Å². The summed E-state index contributed by atoms with van der Waals surface area (Å²) in [5.74, 6) is 0.463. The average molecular weight is 225 g/mol. The van der Waals surface area contributed by atoms with Crippen molar-refractivity contribution >= 4 is 5.91 Å². The van der Waals surface area contributed by atoms with Crippen LogP contribution in [0, 0.1) is 5.92 Å². The molecule has 2 N–H and O–H groups in total. The van der Waals surface area contributed by atoms with Gasteiger partial charge in [0.15, 0.2) is 0 Å². The van der Waals surface area contributed by atoms with Crippen molar-refractivity contribution in [2.75, 3.05) is 32.7 Å². The second kappa shape index (κ2) is 5.64. The number of likely N-dealkylation sites (N-methyl/N-ethyl adjacent to an activating group) is 1. The van der Waals surface area contributed by atoms with Crippen molar-refractivity contribution in [1.29, 1.82) is 0 Å². The third-order valence-corrected chi connectivity index (χ3v) is 3.73. The number of likely N-dealkylation sites (tertiary alicyclic amines) is 1. The van der Waals surface area contributed by atoms with Crippen molar-refractivity contribution in [2.24, 2.45) is 5.92 Å². The lowest BCUT2D eigenvalue weighted by molar-refractivity contribution is -0.125. The van der Waals surface area contributed by atoms with Crippen LogP contribution in [-0.2, 0) is 4.79 Å². The van der Waals surface area contributed by atoms with E-state index in [4.69, 9.17) is 0 Å². The molecular weight excluding hydrogens is 202 g/mol. The second-order valence-corrected chi connectivity index (χ2v) is 4.93. The molecular formula is C12H23N3O. The Morgan fingerprint density at radius 1 is 1.50 bits per heavy atom. The van der Waals surface area contributed by atoms with Gasteiger partial charge in [0, 0.05) is 19.1 Å². The minimum absolute atomic E-state index is 0.206. The Hall–Kier alpha value is -0.610. The molecule has 2 unspecified atom stereocenters. The Kier molecular flexibility index (Phi) is 4.18. The van der Waals surface area contributed by atoms with E-state index in [1.54, 1.807) is 0 Å². The highest BCUT2D eigenvalue weighted by molar-refractivity contribution is 5.79. The highest BCUT2D eigenvalue weighted by atomic mass is 16.2. The zero-order chi connectivity index (χ0) is 11.4. The first-order valence-electron chi connectivity index (χ1n) is 6.53. The van der Waals surface area contributed by atoms with Gasteiger partial charge in [-0.1, -0.05) is 6.92 Å². The molecule has 0 radical (unpaired) electrons. The lowest BCUT2D eigenvalue weighted by Gasteiger charge is -2.32. The largest absolute Gasteiger partial charge is 0.352 e. The van der Waals surface area contributed by atoms with Crippen molar-refractivity contribution in [3.05, 3.63) is 0 Å². The quantitative estimate of drug-likeness (QED) is 0.721. The van der Waals surface area contributed by atoms with Crippen LogP contribution in [0.15, 0.2) is 0 Å². The van der Waals surface area contributed by atoms with Gasteiger partial charge < -0.3 is 15.5 Å². The molecule has 0 aromatic heterocycles. The molecule has 2 aliphatic rings. The number of piperidine rings is 1. The predicted octanol–water partition coefficient (Wildman–Crippen LogP) is 0.196. The van der Waals surface area contributed by atoms with Gasteiger partial charge in [-0.05, 0) is 38.9 Å². The zero-order valence-corrected chi connectivity index (χ0v) is 10.2. The van der Waals surface area contributed by atoms with Crippen molar-refractivity contribution in [3.8, 4) is 0 Å². The predicted molar refractivity (Wildman–Crippen MR) is 64.3 cm³/mol. The molecule has 92 valence electrons. The van der Waals surface area contributed by atoms with E-state index in [1.807, 2.05) is 0 Å². The first-order valence-corrected chi connectivity index (χ1v) is 6.53. The standard InChI is InChI=1S/C12H23N3O/c1-2-15-7-3-4-11(9-15)14-12(16)10-5-6-13-8-10/h10-11,13H,2-9H2,1H3,(H,14,16). The Morgan fingerprint density at radius 3 is 3.06 bits per heavy atom. The first kappa shape index (κ1) is 11.9. The number of carbonyl (C=O) groups excluding carboxylic acids is 1. The maximum absolute atomic E-state index is 11.9. The molecule has 2 rings (SSSR count). The van der Waals surface area contributed by atoms with Gasteiger partial charge in [-0.25, -0.2) is 0 Å². The number of nitrogens with zero attached hydrogens (tertiary/aromatic N) is 1. The third-order valence-electron chi connectivity index (χ3n) is 3.73. The summed E-state index contributed by atoms with van der Waals surface area (Å²) in [5, 5.41) is 6.44. The molecule has 0 aliphatic carbocycles. The van der Waals surface area contributed by atoms with Crippen LogP contribution in [0.1, 0.15) is 26.2 Å². The Bertz CT molecular complexity index is 238.